The number of nitrogens with zero attached hydrogens (tertiary/aromatic N) is 1. The third-order valence-corrected chi connectivity index (χ3v) is 2.32. The summed E-state index contributed by atoms with van der Waals surface area (Å²) in [6.07, 6.45) is 2.02. The van der Waals surface area contributed by atoms with Crippen molar-refractivity contribution in [1.29, 1.82) is 0 Å². The molecule has 0 fully saturated rings. The lowest BCUT2D eigenvalue weighted by Crippen LogP contribution is -2.09. The van der Waals surface area contributed by atoms with Gasteiger partial charge in [-0.15, -0.1) is 0 Å². The van der Waals surface area contributed by atoms with E-state index in [0.29, 0.717) is 23.7 Å². The molecule has 1 aromatic rings. The molecule has 0 unspecified atom stereocenters. The first-order chi connectivity index (χ1) is 8.30. The van der Waals surface area contributed by atoms with Crippen molar-refractivity contribution >= 4 is 0 Å². The smallest absolute Gasteiger partial charge is 0.123 e. The lowest BCUT2D eigenvalue weighted by molar-refractivity contribution is 0.260. The Kier molecular flexibility index (Phi) is 6.54. The van der Waals surface area contributed by atoms with Crippen molar-refractivity contribution in [2.75, 3.05) is 20.2 Å². The molecule has 0 atom stereocenters. The molecule has 0 spiro atoms. The Morgan fingerprint density at radius 1 is 1.18 bits per heavy atom. The Hall–Kier alpha value is -1.17. The Balaban J connectivity index is 2.46. The largest absolute Gasteiger partial charge is 0.493 e. The van der Waals surface area contributed by atoms with Gasteiger partial charge in [-0.05, 0) is 26.4 Å². The maximum absolute atomic E-state index is 9.02. The molecule has 0 aliphatic rings. The van der Waals surface area contributed by atoms with Gasteiger partial charge in [0.25, 0.3) is 0 Å². The predicted molar refractivity (Wildman–Crippen MR) is 64.7 cm³/mol. The number of hydrogen-bond donors (Lipinski definition) is 3. The zero-order valence-corrected chi connectivity index (χ0v) is 10.1. The summed E-state index contributed by atoms with van der Waals surface area (Å²) in [4.78, 5) is 4.04. The number of nitrogens with one attached hydrogen (secondary N) is 1. The molecule has 1 heterocycles. The fourth-order valence-electron chi connectivity index (χ4n) is 1.46. The Morgan fingerprint density at radius 2 is 1.82 bits per heavy atom. The predicted octanol–water partition coefficient (Wildman–Crippen LogP) is 0.445. The summed E-state index contributed by atoms with van der Waals surface area (Å²) < 4.78 is 5.55. The monoisotopic (exact) mass is 240 g/mol. The molecule has 0 radical (unpaired) electrons. The Bertz CT molecular complexity index is 309. The first-order valence-corrected chi connectivity index (χ1v) is 5.79. The van der Waals surface area contributed by atoms with Gasteiger partial charge in [-0.3, -0.25) is 4.98 Å². The van der Waals surface area contributed by atoms with Gasteiger partial charge in [0.05, 0.1) is 31.2 Å². The fourth-order valence-corrected chi connectivity index (χ4v) is 1.46. The van der Waals surface area contributed by atoms with E-state index in [-0.39, 0.29) is 13.2 Å². The van der Waals surface area contributed by atoms with E-state index in [1.807, 2.05) is 7.05 Å². The maximum atomic E-state index is 9.02. The summed E-state index contributed by atoms with van der Waals surface area (Å²) in [5, 5.41) is 21.1. The molecule has 5 nitrogen and oxygen atoms in total. The van der Waals surface area contributed by atoms with Crippen LogP contribution in [0.2, 0.25) is 0 Å². The highest BCUT2D eigenvalue weighted by Crippen LogP contribution is 2.15. The summed E-state index contributed by atoms with van der Waals surface area (Å²) in [7, 11) is 1.92. The minimum atomic E-state index is -0.149. The van der Waals surface area contributed by atoms with Crippen molar-refractivity contribution in [3.05, 3.63) is 23.5 Å². The van der Waals surface area contributed by atoms with Crippen LogP contribution in [0.3, 0.4) is 0 Å². The highest BCUT2D eigenvalue weighted by molar-refractivity contribution is 5.26. The van der Waals surface area contributed by atoms with E-state index in [1.54, 1.807) is 12.1 Å². The van der Waals surface area contributed by atoms with Crippen molar-refractivity contribution in [3.8, 4) is 5.75 Å². The number of hydrogen-bond acceptors (Lipinski definition) is 5. The van der Waals surface area contributed by atoms with Crippen LogP contribution in [0, 0.1) is 0 Å². The molecule has 0 aromatic carbocycles. The molecule has 5 heteroatoms. The molecule has 0 amide bonds. The van der Waals surface area contributed by atoms with E-state index in [0.717, 1.165) is 19.4 Å². The second kappa shape index (κ2) is 8.00. The summed E-state index contributed by atoms with van der Waals surface area (Å²) >= 11 is 0. The van der Waals surface area contributed by atoms with E-state index in [9.17, 15) is 0 Å². The molecule has 1 aromatic heterocycles. The van der Waals surface area contributed by atoms with Crippen LogP contribution in [-0.4, -0.2) is 35.4 Å². The zero-order valence-electron chi connectivity index (χ0n) is 10.1. The average molecular weight is 240 g/mol. The van der Waals surface area contributed by atoms with Gasteiger partial charge in [0.2, 0.25) is 0 Å². The van der Waals surface area contributed by atoms with Gasteiger partial charge in [-0.1, -0.05) is 0 Å². The highest BCUT2D eigenvalue weighted by Gasteiger charge is 2.02. The molecular formula is C12H20N2O3. The second-order valence-corrected chi connectivity index (χ2v) is 3.76. The van der Waals surface area contributed by atoms with Crippen molar-refractivity contribution in [2.24, 2.45) is 0 Å². The molecule has 96 valence electrons. The van der Waals surface area contributed by atoms with Gasteiger partial charge in [-0.2, -0.15) is 0 Å². The number of aliphatic hydroxyl groups is 2. The van der Waals surface area contributed by atoms with Gasteiger partial charge in [0.15, 0.2) is 0 Å². The molecule has 0 saturated heterocycles. The summed E-state index contributed by atoms with van der Waals surface area (Å²) in [5.74, 6) is 0.651. The van der Waals surface area contributed by atoms with Crippen molar-refractivity contribution in [1.82, 2.24) is 10.3 Å². The summed E-state index contributed by atoms with van der Waals surface area (Å²) in [5.41, 5.74) is 1.03. The van der Waals surface area contributed by atoms with Crippen LogP contribution in [-0.2, 0) is 13.2 Å². The maximum Gasteiger partial charge on any atom is 0.123 e. The van der Waals surface area contributed by atoms with Gasteiger partial charge in [0, 0.05) is 12.1 Å². The minimum Gasteiger partial charge on any atom is -0.493 e. The number of aliphatic hydroxyl groups excluding tert-OH is 2. The van der Waals surface area contributed by atoms with Gasteiger partial charge in [-0.25, -0.2) is 0 Å². The van der Waals surface area contributed by atoms with Gasteiger partial charge >= 0.3 is 0 Å². The van der Waals surface area contributed by atoms with Crippen LogP contribution in [0.5, 0.6) is 5.75 Å². The van der Waals surface area contributed by atoms with Gasteiger partial charge < -0.3 is 20.3 Å². The standard InChI is InChI=1S/C12H20N2O3/c1-13-4-2-3-5-17-12-6-10(8-15)14-11(7-12)9-16/h6-7,13,15-16H,2-5,8-9H2,1H3. The zero-order chi connectivity index (χ0) is 12.5. The molecule has 17 heavy (non-hydrogen) atoms. The quantitative estimate of drug-likeness (QED) is 0.575. The van der Waals surface area contributed by atoms with E-state index in [2.05, 4.69) is 10.3 Å². The number of pyridine rings is 1. The van der Waals surface area contributed by atoms with Crippen LogP contribution in [0.1, 0.15) is 24.2 Å². The molecule has 0 bridgehead atoms. The third-order valence-electron chi connectivity index (χ3n) is 2.32. The number of aromatic nitrogens is 1. The Morgan fingerprint density at radius 3 is 2.35 bits per heavy atom. The molecule has 1 rings (SSSR count). The van der Waals surface area contributed by atoms with Crippen molar-refractivity contribution < 1.29 is 14.9 Å². The van der Waals surface area contributed by atoms with E-state index >= 15 is 0 Å². The SMILES string of the molecule is CNCCCCOc1cc(CO)nc(CO)c1. The number of rotatable bonds is 8. The molecule has 0 aliphatic carbocycles. The van der Waals surface area contributed by atoms with Crippen molar-refractivity contribution in [2.45, 2.75) is 26.1 Å². The van der Waals surface area contributed by atoms with E-state index in [4.69, 9.17) is 14.9 Å². The van der Waals surface area contributed by atoms with Crippen LogP contribution >= 0.6 is 0 Å². The van der Waals surface area contributed by atoms with E-state index in [1.165, 1.54) is 0 Å². The second-order valence-electron chi connectivity index (χ2n) is 3.76. The molecular weight excluding hydrogens is 220 g/mol. The van der Waals surface area contributed by atoms with Crippen molar-refractivity contribution in [3.63, 3.8) is 0 Å². The molecule has 0 aliphatic heterocycles. The fraction of sp³-hybridized carbons (Fsp3) is 0.583. The lowest BCUT2D eigenvalue weighted by atomic mass is 10.3. The topological polar surface area (TPSA) is 74.6 Å². The summed E-state index contributed by atoms with van der Waals surface area (Å²) in [6.45, 7) is 1.30. The number of unbranched alkanes of at least 4 members (excludes halogenated alkanes) is 1. The van der Waals surface area contributed by atoms with Crippen LogP contribution < -0.4 is 10.1 Å². The normalized spacial score (nSPS) is 10.5. The molecule has 0 saturated carbocycles. The first kappa shape index (κ1) is 13.9. The Labute approximate surface area is 101 Å². The van der Waals surface area contributed by atoms with Crippen LogP contribution in [0.15, 0.2) is 12.1 Å². The minimum absolute atomic E-state index is 0.149. The third kappa shape index (κ3) is 5.12. The molecule has 3 N–H and O–H groups in total. The lowest BCUT2D eigenvalue weighted by Gasteiger charge is -2.08. The van der Waals surface area contributed by atoms with Crippen LogP contribution in [0.25, 0.3) is 0 Å². The first-order valence-electron chi connectivity index (χ1n) is 5.79. The highest BCUT2D eigenvalue weighted by atomic mass is 16.5. The number of ether oxygens (including phenoxy) is 1. The summed E-state index contributed by atoms with van der Waals surface area (Å²) in [6, 6.07) is 3.38. The average Bonchev–Trinajstić information content (AvgIpc) is 2.38. The van der Waals surface area contributed by atoms with E-state index < -0.39 is 0 Å². The van der Waals surface area contributed by atoms with Crippen LogP contribution in [0.4, 0.5) is 0 Å². The van der Waals surface area contributed by atoms with Gasteiger partial charge in [0.1, 0.15) is 5.75 Å².